The van der Waals surface area contributed by atoms with Crippen molar-refractivity contribution in [1.29, 1.82) is 0 Å². The monoisotopic (exact) mass is 309 g/mol. The second-order valence-electron chi connectivity index (χ2n) is 4.46. The van der Waals surface area contributed by atoms with E-state index in [-0.39, 0.29) is 5.97 Å². The number of esters is 1. The number of ether oxygens (including phenoxy) is 3. The molecule has 0 saturated heterocycles. The van der Waals surface area contributed by atoms with Gasteiger partial charge in [-0.25, -0.2) is 4.79 Å². The Bertz CT molecular complexity index is 446. The van der Waals surface area contributed by atoms with Gasteiger partial charge in [-0.15, -0.1) is 0 Å². The van der Waals surface area contributed by atoms with E-state index in [9.17, 15) is 9.59 Å². The van der Waals surface area contributed by atoms with Gasteiger partial charge in [-0.3, -0.25) is 4.79 Å². The Hall–Kier alpha value is -2.08. The molecule has 1 atom stereocenters. The molecule has 0 aliphatic rings. The molecule has 0 heterocycles. The molecule has 0 aliphatic carbocycles. The molecular weight excluding hydrogens is 286 g/mol. The smallest absolute Gasteiger partial charge is 0.335 e. The zero-order valence-electron chi connectivity index (χ0n) is 13.0. The van der Waals surface area contributed by atoms with Gasteiger partial charge in [0.05, 0.1) is 13.2 Å². The van der Waals surface area contributed by atoms with Crippen molar-refractivity contribution in [3.8, 4) is 5.75 Å². The highest BCUT2D eigenvalue weighted by molar-refractivity contribution is 5.75. The molecule has 1 aromatic rings. The topological polar surface area (TPSA) is 73.9 Å². The maximum Gasteiger partial charge on any atom is 0.335 e. The van der Waals surface area contributed by atoms with Crippen LogP contribution in [0.4, 0.5) is 0 Å². The van der Waals surface area contributed by atoms with Crippen LogP contribution in [0.5, 0.6) is 5.75 Å². The number of nitrogens with one attached hydrogen (secondary N) is 1. The average Bonchev–Trinajstić information content (AvgIpc) is 2.53. The predicted octanol–water partition coefficient (Wildman–Crippen LogP) is 1.32. The van der Waals surface area contributed by atoms with Crippen LogP contribution in [0.1, 0.15) is 19.4 Å². The molecule has 6 heteroatoms. The summed E-state index contributed by atoms with van der Waals surface area (Å²) >= 11 is 0. The van der Waals surface area contributed by atoms with Crippen LogP contribution in [0.15, 0.2) is 24.3 Å². The molecule has 1 unspecified atom stereocenters. The largest absolute Gasteiger partial charge is 0.492 e. The van der Waals surface area contributed by atoms with Gasteiger partial charge < -0.3 is 19.5 Å². The molecule has 0 saturated carbocycles. The number of carbonyl (C=O) groups is 2. The van der Waals surface area contributed by atoms with Crippen molar-refractivity contribution in [2.45, 2.75) is 26.4 Å². The van der Waals surface area contributed by atoms with E-state index >= 15 is 0 Å². The van der Waals surface area contributed by atoms with Gasteiger partial charge in [-0.05, 0) is 31.5 Å². The van der Waals surface area contributed by atoms with Gasteiger partial charge >= 0.3 is 5.97 Å². The van der Waals surface area contributed by atoms with Crippen molar-refractivity contribution in [1.82, 2.24) is 5.32 Å². The molecule has 0 bridgehead atoms. The second-order valence-corrected chi connectivity index (χ2v) is 4.46. The number of benzene rings is 1. The Morgan fingerprint density at radius 3 is 2.55 bits per heavy atom. The van der Waals surface area contributed by atoms with Crippen molar-refractivity contribution in [2.75, 3.05) is 26.4 Å². The van der Waals surface area contributed by atoms with E-state index in [0.717, 1.165) is 5.56 Å². The normalized spacial score (nSPS) is 11.5. The lowest BCUT2D eigenvalue weighted by Gasteiger charge is -2.15. The van der Waals surface area contributed by atoms with Gasteiger partial charge in [0, 0.05) is 13.0 Å². The van der Waals surface area contributed by atoms with Crippen LogP contribution >= 0.6 is 0 Å². The Kier molecular flexibility index (Phi) is 8.67. The minimum atomic E-state index is -0.589. The maximum absolute atomic E-state index is 11.8. The Morgan fingerprint density at radius 2 is 1.95 bits per heavy atom. The molecule has 1 rings (SSSR count). The summed E-state index contributed by atoms with van der Waals surface area (Å²) in [5, 5.41) is 2.52. The standard InChI is InChI=1S/C16H23NO5/c1-3-20-15(16(19)21-4-2)11-13-5-7-14(8-6-13)22-10-9-17-12-18/h5-8,12,15H,3-4,9-11H2,1-2H3,(H,17,18). The molecule has 6 nitrogen and oxygen atoms in total. The van der Waals surface area contributed by atoms with E-state index in [1.807, 2.05) is 31.2 Å². The van der Waals surface area contributed by atoms with Crippen molar-refractivity contribution in [3.63, 3.8) is 0 Å². The van der Waals surface area contributed by atoms with E-state index in [4.69, 9.17) is 14.2 Å². The number of carbonyl (C=O) groups excluding carboxylic acids is 2. The molecular formula is C16H23NO5. The molecule has 1 N–H and O–H groups in total. The summed E-state index contributed by atoms with van der Waals surface area (Å²) in [5.41, 5.74) is 0.963. The minimum absolute atomic E-state index is 0.337. The summed E-state index contributed by atoms with van der Waals surface area (Å²) in [5.74, 6) is 0.366. The van der Waals surface area contributed by atoms with Gasteiger partial charge in [0.2, 0.25) is 6.41 Å². The number of hydrogen-bond donors (Lipinski definition) is 1. The molecule has 122 valence electrons. The van der Waals surface area contributed by atoms with E-state index in [1.54, 1.807) is 6.92 Å². The molecule has 22 heavy (non-hydrogen) atoms. The Labute approximate surface area is 130 Å². The number of hydrogen-bond acceptors (Lipinski definition) is 5. The summed E-state index contributed by atoms with van der Waals surface area (Å²) < 4.78 is 15.9. The Balaban J connectivity index is 2.53. The Morgan fingerprint density at radius 1 is 1.23 bits per heavy atom. The van der Waals surface area contributed by atoms with E-state index in [1.165, 1.54) is 0 Å². The molecule has 1 aromatic carbocycles. The van der Waals surface area contributed by atoms with Crippen molar-refractivity contribution >= 4 is 12.4 Å². The van der Waals surface area contributed by atoms with Crippen LogP contribution in [0.2, 0.25) is 0 Å². The van der Waals surface area contributed by atoms with Gasteiger partial charge in [0.15, 0.2) is 6.10 Å². The third kappa shape index (κ3) is 6.58. The lowest BCUT2D eigenvalue weighted by Crippen LogP contribution is -2.28. The highest BCUT2D eigenvalue weighted by atomic mass is 16.6. The predicted molar refractivity (Wildman–Crippen MR) is 81.8 cm³/mol. The average molecular weight is 309 g/mol. The zero-order valence-corrected chi connectivity index (χ0v) is 13.0. The lowest BCUT2D eigenvalue weighted by atomic mass is 10.1. The third-order valence-electron chi connectivity index (χ3n) is 2.86. The first-order chi connectivity index (χ1) is 10.7. The fraction of sp³-hybridized carbons (Fsp3) is 0.500. The first-order valence-electron chi connectivity index (χ1n) is 7.38. The molecule has 0 spiro atoms. The summed E-state index contributed by atoms with van der Waals surface area (Å²) in [6, 6.07) is 7.41. The van der Waals surface area contributed by atoms with Crippen LogP contribution in [0.25, 0.3) is 0 Å². The molecule has 0 aliphatic heterocycles. The summed E-state index contributed by atoms with van der Waals surface area (Å²) in [6.07, 6.45) is 0.503. The SMILES string of the molecule is CCOC(=O)C(Cc1ccc(OCCNC=O)cc1)OCC. The second kappa shape index (κ2) is 10.6. The van der Waals surface area contributed by atoms with Gasteiger partial charge in [-0.1, -0.05) is 12.1 Å². The third-order valence-corrected chi connectivity index (χ3v) is 2.86. The first-order valence-corrected chi connectivity index (χ1v) is 7.38. The van der Waals surface area contributed by atoms with E-state index in [0.29, 0.717) is 44.9 Å². The minimum Gasteiger partial charge on any atom is -0.492 e. The molecule has 0 aromatic heterocycles. The van der Waals surface area contributed by atoms with Crippen LogP contribution in [0, 0.1) is 0 Å². The van der Waals surface area contributed by atoms with Gasteiger partial charge in [0.25, 0.3) is 0 Å². The highest BCUT2D eigenvalue weighted by Gasteiger charge is 2.20. The van der Waals surface area contributed by atoms with Crippen LogP contribution in [-0.2, 0) is 25.5 Å². The number of amides is 1. The number of rotatable bonds is 11. The first kappa shape index (κ1) is 18.0. The quantitative estimate of drug-likeness (QED) is 0.379. The zero-order chi connectivity index (χ0) is 16.2. The molecule has 0 radical (unpaired) electrons. The van der Waals surface area contributed by atoms with Gasteiger partial charge in [-0.2, -0.15) is 0 Å². The lowest BCUT2D eigenvalue weighted by molar-refractivity contribution is -0.156. The summed E-state index contributed by atoms with van der Waals surface area (Å²) in [6.45, 7) is 5.27. The van der Waals surface area contributed by atoms with Crippen molar-refractivity contribution < 1.29 is 23.8 Å². The molecule has 1 amide bonds. The fourth-order valence-electron chi connectivity index (χ4n) is 1.87. The highest BCUT2D eigenvalue weighted by Crippen LogP contribution is 2.15. The molecule has 0 fully saturated rings. The van der Waals surface area contributed by atoms with Crippen LogP contribution in [-0.4, -0.2) is 44.8 Å². The summed E-state index contributed by atoms with van der Waals surface area (Å²) in [4.78, 5) is 21.9. The van der Waals surface area contributed by atoms with Crippen LogP contribution < -0.4 is 10.1 Å². The maximum atomic E-state index is 11.8. The van der Waals surface area contributed by atoms with Crippen LogP contribution in [0.3, 0.4) is 0 Å². The van der Waals surface area contributed by atoms with E-state index < -0.39 is 6.10 Å². The van der Waals surface area contributed by atoms with E-state index in [2.05, 4.69) is 5.32 Å². The van der Waals surface area contributed by atoms with Crippen molar-refractivity contribution in [2.24, 2.45) is 0 Å². The fourth-order valence-corrected chi connectivity index (χ4v) is 1.87. The summed E-state index contributed by atoms with van der Waals surface area (Å²) in [7, 11) is 0. The van der Waals surface area contributed by atoms with Gasteiger partial charge in [0.1, 0.15) is 12.4 Å². The van der Waals surface area contributed by atoms with Crippen molar-refractivity contribution in [3.05, 3.63) is 29.8 Å².